The quantitative estimate of drug-likeness (QED) is 0.652. The fraction of sp³-hybridized carbons (Fsp3) is 0.167. The van der Waals surface area contributed by atoms with Crippen LogP contribution in [0.2, 0.25) is 0 Å². The molecule has 0 spiro atoms. The minimum atomic E-state index is 0.343. The van der Waals surface area contributed by atoms with Crippen LogP contribution in [0, 0.1) is 0 Å². The standard InChI is InChI=1S/C12H14N4OS/c1-17-10-5-3-2-4-9(10)8-15-11(13)16-12-14-6-7-18-12/h2-7H,8H2,1H3,(H3,13,14,15,16). The predicted octanol–water partition coefficient (Wildman–Crippen LogP) is 1.89. The molecule has 0 unspecified atom stereocenters. The number of hydrogen-bond donors (Lipinski definition) is 2. The van der Waals surface area contributed by atoms with Crippen LogP contribution in [0.3, 0.4) is 0 Å². The van der Waals surface area contributed by atoms with Gasteiger partial charge in [0.1, 0.15) is 5.75 Å². The smallest absolute Gasteiger partial charge is 0.212 e. The largest absolute Gasteiger partial charge is 0.496 e. The van der Waals surface area contributed by atoms with Gasteiger partial charge in [-0.2, -0.15) is 4.99 Å². The van der Waals surface area contributed by atoms with Gasteiger partial charge in [-0.25, -0.2) is 4.98 Å². The molecular weight excluding hydrogens is 248 g/mol. The number of nitrogens with zero attached hydrogens (tertiary/aromatic N) is 2. The van der Waals surface area contributed by atoms with E-state index in [1.54, 1.807) is 13.3 Å². The lowest BCUT2D eigenvalue weighted by Crippen LogP contribution is -2.30. The number of para-hydroxylation sites is 1. The molecule has 3 N–H and O–H groups in total. The Balaban J connectivity index is 1.99. The van der Waals surface area contributed by atoms with Crippen molar-refractivity contribution in [3.05, 3.63) is 41.4 Å². The molecule has 0 aliphatic carbocycles. The van der Waals surface area contributed by atoms with Crippen molar-refractivity contribution >= 4 is 22.4 Å². The molecule has 0 fully saturated rings. The van der Waals surface area contributed by atoms with Crippen molar-refractivity contribution in [2.45, 2.75) is 6.54 Å². The van der Waals surface area contributed by atoms with Crippen molar-refractivity contribution in [1.29, 1.82) is 0 Å². The lowest BCUT2D eigenvalue weighted by molar-refractivity contribution is 0.409. The normalized spacial score (nSPS) is 11.3. The van der Waals surface area contributed by atoms with Gasteiger partial charge < -0.3 is 15.8 Å². The summed E-state index contributed by atoms with van der Waals surface area (Å²) in [6.07, 6.45) is 1.69. The number of nitrogens with two attached hydrogens (primary N) is 1. The van der Waals surface area contributed by atoms with Gasteiger partial charge in [-0.3, -0.25) is 0 Å². The van der Waals surface area contributed by atoms with Crippen LogP contribution in [-0.2, 0) is 6.54 Å². The Bertz CT molecular complexity index is 525. The molecule has 1 heterocycles. The average Bonchev–Trinajstić information content (AvgIpc) is 2.89. The maximum Gasteiger partial charge on any atom is 0.212 e. The van der Waals surface area contributed by atoms with Gasteiger partial charge in [0.05, 0.1) is 7.11 Å². The number of guanidine groups is 1. The van der Waals surface area contributed by atoms with Crippen molar-refractivity contribution in [3.8, 4) is 5.75 Å². The van der Waals surface area contributed by atoms with Crippen LogP contribution < -0.4 is 15.8 Å². The van der Waals surface area contributed by atoms with E-state index in [1.165, 1.54) is 11.3 Å². The number of rotatable bonds is 4. The molecule has 6 heteroatoms. The van der Waals surface area contributed by atoms with E-state index in [2.05, 4.69) is 15.3 Å². The first-order chi connectivity index (χ1) is 8.79. The lowest BCUT2D eigenvalue weighted by atomic mass is 10.2. The maximum absolute atomic E-state index is 5.77. The van der Waals surface area contributed by atoms with Gasteiger partial charge in [0.2, 0.25) is 5.13 Å². The fourth-order valence-corrected chi connectivity index (χ4v) is 1.96. The fourth-order valence-electron chi connectivity index (χ4n) is 1.45. The van der Waals surface area contributed by atoms with Gasteiger partial charge in [0, 0.05) is 23.7 Å². The molecule has 0 aliphatic rings. The molecule has 5 nitrogen and oxygen atoms in total. The summed E-state index contributed by atoms with van der Waals surface area (Å²) in [7, 11) is 1.64. The number of aromatic nitrogens is 1. The highest BCUT2D eigenvalue weighted by Crippen LogP contribution is 2.17. The van der Waals surface area contributed by atoms with E-state index in [1.807, 2.05) is 29.6 Å². The summed E-state index contributed by atoms with van der Waals surface area (Å²) >= 11 is 1.44. The molecule has 0 amide bonds. The van der Waals surface area contributed by atoms with Crippen LogP contribution in [0.1, 0.15) is 5.56 Å². The van der Waals surface area contributed by atoms with Crippen LogP contribution in [0.25, 0.3) is 0 Å². The number of thiazole rings is 1. The zero-order chi connectivity index (χ0) is 12.8. The van der Waals surface area contributed by atoms with Gasteiger partial charge in [-0.05, 0) is 6.07 Å². The van der Waals surface area contributed by atoms with Gasteiger partial charge in [0.25, 0.3) is 0 Å². The summed E-state index contributed by atoms with van der Waals surface area (Å²) in [4.78, 5) is 8.17. The third-order valence-corrected chi connectivity index (χ3v) is 2.95. The molecule has 2 rings (SSSR count). The first-order valence-corrected chi connectivity index (χ1v) is 6.27. The van der Waals surface area contributed by atoms with E-state index >= 15 is 0 Å². The Morgan fingerprint density at radius 3 is 3.06 bits per heavy atom. The Kier molecular flexibility index (Phi) is 4.14. The van der Waals surface area contributed by atoms with Crippen LogP contribution in [-0.4, -0.2) is 18.1 Å². The van der Waals surface area contributed by atoms with Crippen LogP contribution >= 0.6 is 11.3 Å². The van der Waals surface area contributed by atoms with Gasteiger partial charge in [0.15, 0.2) is 5.96 Å². The highest BCUT2D eigenvalue weighted by Gasteiger charge is 2.02. The number of benzene rings is 1. The molecule has 0 saturated carbocycles. The molecule has 1 aromatic heterocycles. The van der Waals surface area contributed by atoms with E-state index in [-0.39, 0.29) is 0 Å². The molecule has 1 aromatic carbocycles. The molecule has 2 aromatic rings. The maximum atomic E-state index is 5.77. The highest BCUT2D eigenvalue weighted by atomic mass is 32.1. The van der Waals surface area contributed by atoms with Crippen molar-refractivity contribution < 1.29 is 4.74 Å². The van der Waals surface area contributed by atoms with Gasteiger partial charge in [-0.15, -0.1) is 11.3 Å². The molecule has 0 saturated heterocycles. The summed E-state index contributed by atoms with van der Waals surface area (Å²) in [6.45, 7) is 0.560. The molecule has 0 radical (unpaired) electrons. The van der Waals surface area contributed by atoms with Crippen LogP contribution in [0.15, 0.2) is 40.8 Å². The van der Waals surface area contributed by atoms with Crippen LogP contribution in [0.4, 0.5) is 5.13 Å². The summed E-state index contributed by atoms with van der Waals surface area (Å²) in [5.74, 6) is 1.17. The van der Waals surface area contributed by atoms with Gasteiger partial charge >= 0.3 is 0 Å². The van der Waals surface area contributed by atoms with Crippen molar-refractivity contribution in [1.82, 2.24) is 10.3 Å². The Hall–Kier alpha value is -2.08. The first kappa shape index (κ1) is 12.4. The van der Waals surface area contributed by atoms with E-state index in [4.69, 9.17) is 10.5 Å². The summed E-state index contributed by atoms with van der Waals surface area (Å²) < 4.78 is 5.25. The number of methoxy groups -OCH3 is 1. The second kappa shape index (κ2) is 6.02. The second-order valence-electron chi connectivity index (χ2n) is 3.48. The van der Waals surface area contributed by atoms with Gasteiger partial charge in [-0.1, -0.05) is 18.2 Å². The number of nitrogens with one attached hydrogen (secondary N) is 1. The molecule has 18 heavy (non-hydrogen) atoms. The SMILES string of the molecule is COc1ccccc1CNC(N)=Nc1nccs1. The predicted molar refractivity (Wildman–Crippen MR) is 73.2 cm³/mol. The average molecular weight is 262 g/mol. The Labute approximate surface area is 109 Å². The first-order valence-electron chi connectivity index (χ1n) is 5.39. The monoisotopic (exact) mass is 262 g/mol. The summed E-state index contributed by atoms with van der Waals surface area (Å²) in [5.41, 5.74) is 6.79. The zero-order valence-electron chi connectivity index (χ0n) is 9.96. The highest BCUT2D eigenvalue weighted by molar-refractivity contribution is 7.13. The van der Waals surface area contributed by atoms with Crippen molar-refractivity contribution in [2.24, 2.45) is 10.7 Å². The van der Waals surface area contributed by atoms with Crippen molar-refractivity contribution in [2.75, 3.05) is 7.11 Å². The van der Waals surface area contributed by atoms with E-state index in [0.717, 1.165) is 11.3 Å². The molecular formula is C12H14N4OS. The molecule has 94 valence electrons. The zero-order valence-corrected chi connectivity index (χ0v) is 10.8. The Morgan fingerprint density at radius 1 is 1.50 bits per heavy atom. The van der Waals surface area contributed by atoms with E-state index in [0.29, 0.717) is 17.6 Å². The lowest BCUT2D eigenvalue weighted by Gasteiger charge is -2.09. The molecule has 0 bridgehead atoms. The number of aliphatic imine (C=N–C) groups is 1. The topological polar surface area (TPSA) is 72.5 Å². The second-order valence-corrected chi connectivity index (χ2v) is 4.35. The minimum Gasteiger partial charge on any atom is -0.496 e. The van der Waals surface area contributed by atoms with Crippen LogP contribution in [0.5, 0.6) is 5.75 Å². The van der Waals surface area contributed by atoms with E-state index < -0.39 is 0 Å². The summed E-state index contributed by atoms with van der Waals surface area (Å²) in [5, 5.41) is 5.52. The number of hydrogen-bond acceptors (Lipinski definition) is 4. The van der Waals surface area contributed by atoms with E-state index in [9.17, 15) is 0 Å². The number of ether oxygens (including phenoxy) is 1. The summed E-state index contributed by atoms with van der Waals surface area (Å²) in [6, 6.07) is 7.76. The Morgan fingerprint density at radius 2 is 2.33 bits per heavy atom. The van der Waals surface area contributed by atoms with Crippen molar-refractivity contribution in [3.63, 3.8) is 0 Å². The third-order valence-electron chi connectivity index (χ3n) is 2.29. The molecule has 0 atom stereocenters. The third kappa shape index (κ3) is 3.21. The molecule has 0 aliphatic heterocycles. The minimum absolute atomic E-state index is 0.343.